The molecule has 0 spiro atoms. The SMILES string of the molecule is COC(=O)[C@@H]1C[C@H](CN)CN1C(=O)OC(C)(C)C.Cl. The molecule has 1 rings (SSSR count). The highest BCUT2D eigenvalue weighted by molar-refractivity contribution is 5.85. The molecule has 2 atom stereocenters. The van der Waals surface area contributed by atoms with Crippen LogP contribution in [0.4, 0.5) is 4.79 Å². The van der Waals surface area contributed by atoms with Gasteiger partial charge in [0, 0.05) is 6.54 Å². The van der Waals surface area contributed by atoms with E-state index in [1.54, 1.807) is 20.8 Å². The summed E-state index contributed by atoms with van der Waals surface area (Å²) < 4.78 is 9.99. The highest BCUT2D eigenvalue weighted by Gasteiger charge is 2.41. The molecule has 1 amide bonds. The number of methoxy groups -OCH3 is 1. The minimum atomic E-state index is -0.585. The minimum absolute atomic E-state index is 0. The molecule has 19 heavy (non-hydrogen) atoms. The molecule has 1 saturated heterocycles. The molecule has 0 aromatic heterocycles. The maximum atomic E-state index is 12.0. The molecule has 2 N–H and O–H groups in total. The molecule has 0 aliphatic carbocycles. The fourth-order valence-electron chi connectivity index (χ4n) is 1.98. The zero-order valence-corrected chi connectivity index (χ0v) is 12.7. The van der Waals surface area contributed by atoms with Crippen LogP contribution in [0, 0.1) is 5.92 Å². The third-order valence-electron chi connectivity index (χ3n) is 2.82. The molecule has 0 bridgehead atoms. The Labute approximate surface area is 120 Å². The van der Waals surface area contributed by atoms with Crippen molar-refractivity contribution in [2.45, 2.75) is 38.8 Å². The van der Waals surface area contributed by atoms with E-state index in [2.05, 4.69) is 0 Å². The summed E-state index contributed by atoms with van der Waals surface area (Å²) in [5.74, 6) is -0.307. The first kappa shape index (κ1) is 18.0. The summed E-state index contributed by atoms with van der Waals surface area (Å²) >= 11 is 0. The van der Waals surface area contributed by atoms with Crippen molar-refractivity contribution in [3.05, 3.63) is 0 Å². The van der Waals surface area contributed by atoms with Crippen LogP contribution in [0.1, 0.15) is 27.2 Å². The van der Waals surface area contributed by atoms with Gasteiger partial charge >= 0.3 is 12.1 Å². The standard InChI is InChI=1S/C12H22N2O4.ClH/c1-12(2,3)18-11(16)14-7-8(6-13)5-9(14)10(15)17-4;/h8-9H,5-7,13H2,1-4H3;1H/t8-,9+;/m1./s1. The van der Waals surface area contributed by atoms with Crippen LogP contribution >= 0.6 is 12.4 Å². The number of amides is 1. The maximum absolute atomic E-state index is 12.0. The van der Waals surface area contributed by atoms with Crippen LogP contribution in [0.5, 0.6) is 0 Å². The Morgan fingerprint density at radius 1 is 1.37 bits per heavy atom. The highest BCUT2D eigenvalue weighted by Crippen LogP contribution is 2.25. The van der Waals surface area contributed by atoms with E-state index in [9.17, 15) is 9.59 Å². The second-order valence-corrected chi connectivity index (χ2v) is 5.51. The third-order valence-corrected chi connectivity index (χ3v) is 2.82. The van der Waals surface area contributed by atoms with E-state index in [1.807, 2.05) is 0 Å². The lowest BCUT2D eigenvalue weighted by Gasteiger charge is -2.27. The zero-order chi connectivity index (χ0) is 13.9. The molecular weight excluding hydrogens is 272 g/mol. The Morgan fingerprint density at radius 3 is 2.37 bits per heavy atom. The number of halogens is 1. The molecule has 0 aromatic carbocycles. The number of carbonyl (C=O) groups excluding carboxylic acids is 2. The van der Waals surface area contributed by atoms with E-state index in [0.717, 1.165) is 0 Å². The molecule has 0 radical (unpaired) electrons. The summed E-state index contributed by atoms with van der Waals surface area (Å²) in [6, 6.07) is -0.585. The maximum Gasteiger partial charge on any atom is 0.411 e. The Balaban J connectivity index is 0.00000324. The molecule has 0 unspecified atom stereocenters. The molecule has 0 aromatic rings. The summed E-state index contributed by atoms with van der Waals surface area (Å²) in [6.45, 7) is 6.23. The van der Waals surface area contributed by atoms with Gasteiger partial charge in [-0.3, -0.25) is 4.90 Å². The van der Waals surface area contributed by atoms with Gasteiger partial charge in [-0.15, -0.1) is 12.4 Å². The van der Waals surface area contributed by atoms with E-state index >= 15 is 0 Å². The summed E-state index contributed by atoms with van der Waals surface area (Å²) in [5.41, 5.74) is 5.01. The number of nitrogens with zero attached hydrogens (tertiary/aromatic N) is 1. The number of nitrogens with two attached hydrogens (primary N) is 1. The van der Waals surface area contributed by atoms with Gasteiger partial charge < -0.3 is 15.2 Å². The summed E-state index contributed by atoms with van der Waals surface area (Å²) in [5, 5.41) is 0. The topological polar surface area (TPSA) is 81.9 Å². The van der Waals surface area contributed by atoms with E-state index in [4.69, 9.17) is 15.2 Å². The first-order valence-corrected chi connectivity index (χ1v) is 6.06. The molecule has 1 fully saturated rings. The van der Waals surface area contributed by atoms with Crippen molar-refractivity contribution in [2.75, 3.05) is 20.2 Å². The van der Waals surface area contributed by atoms with Crippen molar-refractivity contribution < 1.29 is 19.1 Å². The molecule has 1 aliphatic rings. The summed E-state index contributed by atoms with van der Waals surface area (Å²) in [7, 11) is 1.31. The molecule has 7 heteroatoms. The average Bonchev–Trinajstić information content (AvgIpc) is 2.69. The van der Waals surface area contributed by atoms with Crippen molar-refractivity contribution in [2.24, 2.45) is 11.7 Å². The quantitative estimate of drug-likeness (QED) is 0.773. The van der Waals surface area contributed by atoms with Crippen LogP contribution < -0.4 is 5.73 Å². The Kier molecular flexibility index (Phi) is 6.59. The van der Waals surface area contributed by atoms with E-state index in [1.165, 1.54) is 12.0 Å². The van der Waals surface area contributed by atoms with Gasteiger partial charge in [-0.2, -0.15) is 0 Å². The van der Waals surface area contributed by atoms with E-state index in [-0.39, 0.29) is 18.3 Å². The van der Waals surface area contributed by atoms with Gasteiger partial charge in [-0.25, -0.2) is 9.59 Å². The van der Waals surface area contributed by atoms with Gasteiger partial charge in [0.1, 0.15) is 11.6 Å². The zero-order valence-electron chi connectivity index (χ0n) is 11.8. The van der Waals surface area contributed by atoms with Gasteiger partial charge in [0.05, 0.1) is 7.11 Å². The highest BCUT2D eigenvalue weighted by atomic mass is 35.5. The number of hydrogen-bond donors (Lipinski definition) is 1. The molecular formula is C12H23ClN2O4. The third kappa shape index (κ3) is 4.87. The number of ether oxygens (including phenoxy) is 2. The van der Waals surface area contributed by atoms with Crippen LogP contribution in [-0.2, 0) is 14.3 Å². The Morgan fingerprint density at radius 2 is 1.95 bits per heavy atom. The van der Waals surface area contributed by atoms with Gasteiger partial charge in [-0.05, 0) is 39.7 Å². The Hall–Kier alpha value is -1.01. The van der Waals surface area contributed by atoms with Gasteiger partial charge in [0.2, 0.25) is 0 Å². The lowest BCUT2D eigenvalue weighted by atomic mass is 10.1. The van der Waals surface area contributed by atoms with Gasteiger partial charge in [0.15, 0.2) is 0 Å². The fourth-order valence-corrected chi connectivity index (χ4v) is 1.98. The fraction of sp³-hybridized carbons (Fsp3) is 0.833. The van der Waals surface area contributed by atoms with E-state index < -0.39 is 23.7 Å². The van der Waals surface area contributed by atoms with E-state index in [0.29, 0.717) is 19.5 Å². The predicted molar refractivity (Wildman–Crippen MR) is 73.2 cm³/mol. The number of rotatable bonds is 2. The number of likely N-dealkylation sites (tertiary alicyclic amines) is 1. The Bertz CT molecular complexity index is 330. The number of hydrogen-bond acceptors (Lipinski definition) is 5. The lowest BCUT2D eigenvalue weighted by Crippen LogP contribution is -2.43. The van der Waals surface area contributed by atoms with Crippen LogP contribution in [0.25, 0.3) is 0 Å². The summed E-state index contributed by atoms with van der Waals surface area (Å²) in [6.07, 6.45) is 0.0384. The van der Waals surface area contributed by atoms with Crippen molar-refractivity contribution in [1.29, 1.82) is 0 Å². The average molecular weight is 295 g/mol. The lowest BCUT2D eigenvalue weighted by molar-refractivity contribution is -0.145. The second kappa shape index (κ2) is 6.96. The first-order valence-electron chi connectivity index (χ1n) is 6.06. The molecule has 1 aliphatic heterocycles. The smallest absolute Gasteiger partial charge is 0.411 e. The molecule has 1 heterocycles. The van der Waals surface area contributed by atoms with Crippen LogP contribution in [0.3, 0.4) is 0 Å². The number of esters is 1. The predicted octanol–water partition coefficient (Wildman–Crippen LogP) is 1.17. The van der Waals surface area contributed by atoms with Crippen LogP contribution in [0.2, 0.25) is 0 Å². The number of carbonyl (C=O) groups is 2. The van der Waals surface area contributed by atoms with Gasteiger partial charge in [-0.1, -0.05) is 0 Å². The normalized spacial score (nSPS) is 22.7. The molecule has 112 valence electrons. The monoisotopic (exact) mass is 294 g/mol. The van der Waals surface area contributed by atoms with Crippen molar-refractivity contribution >= 4 is 24.5 Å². The largest absolute Gasteiger partial charge is 0.467 e. The first-order chi connectivity index (χ1) is 8.28. The minimum Gasteiger partial charge on any atom is -0.467 e. The summed E-state index contributed by atoms with van der Waals surface area (Å²) in [4.78, 5) is 25.1. The van der Waals surface area contributed by atoms with Crippen LogP contribution in [-0.4, -0.2) is 48.8 Å². The van der Waals surface area contributed by atoms with Crippen molar-refractivity contribution in [1.82, 2.24) is 4.90 Å². The van der Waals surface area contributed by atoms with Crippen LogP contribution in [0.15, 0.2) is 0 Å². The second-order valence-electron chi connectivity index (χ2n) is 5.51. The molecule has 0 saturated carbocycles. The molecule has 6 nitrogen and oxygen atoms in total. The van der Waals surface area contributed by atoms with Gasteiger partial charge in [0.25, 0.3) is 0 Å². The van der Waals surface area contributed by atoms with Crippen molar-refractivity contribution in [3.63, 3.8) is 0 Å². The van der Waals surface area contributed by atoms with Crippen molar-refractivity contribution in [3.8, 4) is 0 Å².